The lowest BCUT2D eigenvalue weighted by Gasteiger charge is -2.37. The van der Waals surface area contributed by atoms with Gasteiger partial charge < -0.3 is 4.90 Å². The maximum Gasteiger partial charge on any atom is 0.258 e. The van der Waals surface area contributed by atoms with Crippen LogP contribution in [-0.2, 0) is 16.4 Å². The van der Waals surface area contributed by atoms with Gasteiger partial charge in [0.2, 0.25) is 0 Å². The summed E-state index contributed by atoms with van der Waals surface area (Å²) in [6.45, 7) is 1.35. The molecule has 6 nitrogen and oxygen atoms in total. The van der Waals surface area contributed by atoms with Crippen molar-refractivity contribution >= 4 is 15.9 Å². The van der Waals surface area contributed by atoms with Crippen molar-refractivity contribution < 1.29 is 12.8 Å². The number of pyridine rings is 1. The van der Waals surface area contributed by atoms with Crippen LogP contribution in [0.15, 0.2) is 47.6 Å². The fourth-order valence-corrected chi connectivity index (χ4v) is 7.02. The number of nitrogens with zero attached hydrogens (tertiary/aromatic N) is 2. The molecule has 2 atom stereocenters. The summed E-state index contributed by atoms with van der Waals surface area (Å²) in [6, 6.07) is 10.4. The van der Waals surface area contributed by atoms with Crippen molar-refractivity contribution in [3.8, 4) is 0 Å². The number of benzene rings is 1. The number of nitrogens with one attached hydrogen (secondary N) is 2. The molecule has 3 aliphatic rings. The molecule has 2 aliphatic carbocycles. The molecule has 2 heterocycles. The Labute approximate surface area is 195 Å². The lowest BCUT2D eigenvalue weighted by atomic mass is 9.79. The van der Waals surface area contributed by atoms with E-state index >= 15 is 0 Å². The van der Waals surface area contributed by atoms with Gasteiger partial charge in [-0.1, -0.05) is 12.1 Å². The van der Waals surface area contributed by atoms with Gasteiger partial charge in [-0.15, -0.1) is 0 Å². The quantitative estimate of drug-likeness (QED) is 0.666. The summed E-state index contributed by atoms with van der Waals surface area (Å²) >= 11 is 0. The topological polar surface area (TPSA) is 86.2 Å². The highest BCUT2D eigenvalue weighted by Gasteiger charge is 2.42. The van der Waals surface area contributed by atoms with Crippen LogP contribution in [0.5, 0.6) is 0 Å². The molecule has 33 heavy (non-hydrogen) atoms. The summed E-state index contributed by atoms with van der Waals surface area (Å²) in [7, 11) is -3.56. The van der Waals surface area contributed by atoms with Gasteiger partial charge in [0.25, 0.3) is 10.0 Å². The van der Waals surface area contributed by atoms with Crippen molar-refractivity contribution in [3.63, 3.8) is 0 Å². The minimum Gasteiger partial charge on any atom is -0.357 e. The van der Waals surface area contributed by atoms with Crippen LogP contribution < -0.4 is 4.72 Å². The molecule has 1 aliphatic heterocycles. The molecule has 2 N–H and O–H groups in total. The molecule has 5 rings (SSSR count). The van der Waals surface area contributed by atoms with Crippen LogP contribution in [0.25, 0.3) is 0 Å². The first kappa shape index (κ1) is 22.5. The van der Waals surface area contributed by atoms with Crippen molar-refractivity contribution in [2.75, 3.05) is 13.1 Å². The summed E-state index contributed by atoms with van der Waals surface area (Å²) in [5, 5.41) is 8.70. The highest BCUT2D eigenvalue weighted by atomic mass is 32.2. The minimum atomic E-state index is -3.56. The van der Waals surface area contributed by atoms with Crippen molar-refractivity contribution in [1.29, 1.82) is 5.41 Å². The molecule has 1 aromatic heterocycles. The molecule has 1 saturated heterocycles. The normalized spacial score (nSPS) is 27.3. The molecular formula is C25H31FN4O2S. The second-order valence-corrected chi connectivity index (χ2v) is 11.5. The first-order chi connectivity index (χ1) is 15.9. The first-order valence-electron chi connectivity index (χ1n) is 11.9. The summed E-state index contributed by atoms with van der Waals surface area (Å²) in [6.07, 6.45) is 8.18. The van der Waals surface area contributed by atoms with E-state index in [9.17, 15) is 12.8 Å². The number of halogens is 1. The average molecular weight is 471 g/mol. The van der Waals surface area contributed by atoms with Crippen molar-refractivity contribution in [2.45, 2.75) is 61.9 Å². The predicted molar refractivity (Wildman–Crippen MR) is 125 cm³/mol. The molecule has 1 saturated carbocycles. The van der Waals surface area contributed by atoms with Crippen LogP contribution in [0, 0.1) is 23.1 Å². The third-order valence-corrected chi connectivity index (χ3v) is 9.07. The molecule has 1 aromatic carbocycles. The van der Waals surface area contributed by atoms with E-state index < -0.39 is 10.0 Å². The first-order valence-corrected chi connectivity index (χ1v) is 13.4. The highest BCUT2D eigenvalue weighted by molar-refractivity contribution is 7.89. The number of amidine groups is 1. The third-order valence-electron chi connectivity index (χ3n) is 7.74. The van der Waals surface area contributed by atoms with Gasteiger partial charge in [-0.3, -0.25) is 5.41 Å². The molecule has 0 spiro atoms. The number of hydrogen-bond acceptors (Lipinski definition) is 4. The van der Waals surface area contributed by atoms with Gasteiger partial charge in [0.05, 0.1) is 5.84 Å². The van der Waals surface area contributed by atoms with Crippen LogP contribution in [0.1, 0.15) is 55.6 Å². The van der Waals surface area contributed by atoms with Gasteiger partial charge >= 0.3 is 0 Å². The highest BCUT2D eigenvalue weighted by Crippen LogP contribution is 2.43. The monoisotopic (exact) mass is 470 g/mol. The summed E-state index contributed by atoms with van der Waals surface area (Å²) in [5.74, 6) is 1.71. The summed E-state index contributed by atoms with van der Waals surface area (Å²) in [5.41, 5.74) is 2.34. The van der Waals surface area contributed by atoms with Crippen molar-refractivity contribution in [3.05, 3.63) is 59.5 Å². The molecule has 8 heteroatoms. The lowest BCUT2D eigenvalue weighted by Crippen LogP contribution is -2.41. The molecule has 2 unspecified atom stereocenters. The molecular weight excluding hydrogens is 439 g/mol. The van der Waals surface area contributed by atoms with Gasteiger partial charge in [-0.25, -0.2) is 22.5 Å². The minimum absolute atomic E-state index is 0.0672. The van der Waals surface area contributed by atoms with E-state index in [4.69, 9.17) is 5.41 Å². The van der Waals surface area contributed by atoms with Crippen LogP contribution in [0.2, 0.25) is 0 Å². The Kier molecular flexibility index (Phi) is 6.22. The second kappa shape index (κ2) is 9.14. The molecule has 176 valence electrons. The SMILES string of the molecule is N=C1CC2c3ccc(F)cc3CCC2N1CC1CCC(CNS(=O)(=O)c2ccccn2)CC1. The van der Waals surface area contributed by atoms with Gasteiger partial charge in [0.15, 0.2) is 5.03 Å². The fraction of sp³-hybridized carbons (Fsp3) is 0.520. The Bertz CT molecular complexity index is 1120. The Hall–Kier alpha value is -2.32. The summed E-state index contributed by atoms with van der Waals surface area (Å²) < 4.78 is 41.2. The van der Waals surface area contributed by atoms with Gasteiger partial charge in [0, 0.05) is 37.7 Å². The third kappa shape index (κ3) is 4.68. The van der Waals surface area contributed by atoms with E-state index in [1.807, 2.05) is 6.07 Å². The van der Waals surface area contributed by atoms with Gasteiger partial charge in [0.1, 0.15) is 5.82 Å². The van der Waals surface area contributed by atoms with Crippen LogP contribution in [0.3, 0.4) is 0 Å². The zero-order chi connectivity index (χ0) is 23.0. The van der Waals surface area contributed by atoms with Gasteiger partial charge in [-0.2, -0.15) is 0 Å². The van der Waals surface area contributed by atoms with Gasteiger partial charge in [-0.05, 0) is 85.8 Å². The van der Waals surface area contributed by atoms with Crippen LogP contribution >= 0.6 is 0 Å². The smallest absolute Gasteiger partial charge is 0.258 e. The van der Waals surface area contributed by atoms with E-state index in [0.29, 0.717) is 36.2 Å². The Morgan fingerprint density at radius 3 is 2.64 bits per heavy atom. The number of aryl methyl sites for hydroxylation is 1. The molecule has 0 amide bonds. The maximum atomic E-state index is 13.6. The number of hydrogen-bond donors (Lipinski definition) is 2. The molecule has 2 aromatic rings. The number of rotatable bonds is 6. The van der Waals surface area contributed by atoms with E-state index in [2.05, 4.69) is 14.6 Å². The van der Waals surface area contributed by atoms with E-state index in [1.165, 1.54) is 17.8 Å². The predicted octanol–water partition coefficient (Wildman–Crippen LogP) is 4.09. The zero-order valence-corrected chi connectivity index (χ0v) is 19.5. The zero-order valence-electron chi connectivity index (χ0n) is 18.7. The number of fused-ring (bicyclic) bond motifs is 3. The Morgan fingerprint density at radius 2 is 1.88 bits per heavy atom. The van der Waals surface area contributed by atoms with Crippen LogP contribution in [0.4, 0.5) is 4.39 Å². The van der Waals surface area contributed by atoms with E-state index in [-0.39, 0.29) is 10.8 Å². The van der Waals surface area contributed by atoms with Crippen LogP contribution in [-0.4, -0.2) is 43.3 Å². The Morgan fingerprint density at radius 1 is 1.09 bits per heavy atom. The average Bonchev–Trinajstić information content (AvgIpc) is 3.14. The standard InChI is InChI=1S/C25H31FN4O2S/c26-20-9-10-21-19(13-20)8-11-23-22(21)14-24(27)30(23)16-18-6-4-17(5-7-18)15-29-33(31,32)25-3-1-2-12-28-25/h1-3,9-10,12-13,17-18,22-23,27,29H,4-8,11,14-16H2. The second-order valence-electron chi connectivity index (χ2n) is 9.77. The molecule has 0 radical (unpaired) electrons. The Balaban J connectivity index is 1.14. The number of sulfonamides is 1. The van der Waals surface area contributed by atoms with Crippen molar-refractivity contribution in [2.24, 2.45) is 11.8 Å². The lowest BCUT2D eigenvalue weighted by molar-refractivity contribution is 0.197. The van der Waals surface area contributed by atoms with Crippen molar-refractivity contribution in [1.82, 2.24) is 14.6 Å². The number of aromatic nitrogens is 1. The fourth-order valence-electron chi connectivity index (χ4n) is 5.96. The van der Waals surface area contributed by atoms with E-state index in [1.54, 1.807) is 24.3 Å². The molecule has 0 bridgehead atoms. The summed E-state index contributed by atoms with van der Waals surface area (Å²) in [4.78, 5) is 6.26. The largest absolute Gasteiger partial charge is 0.357 e. The maximum absolute atomic E-state index is 13.6. The molecule has 2 fully saturated rings. The van der Waals surface area contributed by atoms with E-state index in [0.717, 1.165) is 57.1 Å². The number of likely N-dealkylation sites (tertiary alicyclic amines) is 1.